The number of piperazine rings is 1. The van der Waals surface area contributed by atoms with Gasteiger partial charge in [0.15, 0.2) is 0 Å². The van der Waals surface area contributed by atoms with Crippen molar-refractivity contribution in [1.82, 2.24) is 10.2 Å². The first-order chi connectivity index (χ1) is 4.61. The highest BCUT2D eigenvalue weighted by atomic mass is 35.5. The van der Waals surface area contributed by atoms with Crippen LogP contribution < -0.4 is 5.32 Å². The fourth-order valence-electron chi connectivity index (χ4n) is 1.38. The lowest BCUT2D eigenvalue weighted by Gasteiger charge is -2.32. The van der Waals surface area contributed by atoms with Crippen LogP contribution in [0.4, 0.5) is 0 Å². The summed E-state index contributed by atoms with van der Waals surface area (Å²) >= 11 is 0. The molecule has 4 heteroatoms. The Morgan fingerprint density at radius 3 is 2.55 bits per heavy atom. The average Bonchev–Trinajstić information content (AvgIpc) is 1.82. The van der Waals surface area contributed by atoms with Crippen molar-refractivity contribution in [3.63, 3.8) is 0 Å². The molecule has 11 heavy (non-hydrogen) atoms. The van der Waals surface area contributed by atoms with Crippen molar-refractivity contribution in [2.75, 3.05) is 13.6 Å². The first-order valence-corrected chi connectivity index (χ1v) is 3.62. The molecule has 1 aliphatic heterocycles. The Labute approximate surface area is 73.5 Å². The number of amides is 1. The predicted octanol–water partition coefficient (Wildman–Crippen LogP) is 0.247. The van der Waals surface area contributed by atoms with Crippen LogP contribution >= 0.6 is 12.4 Å². The molecule has 1 fully saturated rings. The molecule has 1 rings (SSSR count). The second-order valence-electron chi connectivity index (χ2n) is 3.01. The first kappa shape index (κ1) is 10.7. The molecule has 1 heterocycles. The standard InChI is InChI=1S/C7H14N2O.ClH/c1-5-4-9(3)7(10)6(2)8-5;/h5-6,8H,4H2,1-3H3;1H/t5-,6-;/m1./s1. The number of hydrogen-bond donors (Lipinski definition) is 1. The Kier molecular flexibility index (Phi) is 3.83. The Morgan fingerprint density at radius 1 is 1.55 bits per heavy atom. The zero-order valence-corrected chi connectivity index (χ0v) is 7.94. The monoisotopic (exact) mass is 178 g/mol. The summed E-state index contributed by atoms with van der Waals surface area (Å²) in [5.41, 5.74) is 0. The molecule has 1 aliphatic rings. The van der Waals surface area contributed by atoms with Crippen molar-refractivity contribution in [1.29, 1.82) is 0 Å². The quantitative estimate of drug-likeness (QED) is 0.577. The number of carbonyl (C=O) groups is 1. The minimum Gasteiger partial charge on any atom is -0.343 e. The van der Waals surface area contributed by atoms with E-state index in [0.717, 1.165) is 6.54 Å². The summed E-state index contributed by atoms with van der Waals surface area (Å²) in [6.07, 6.45) is 0. The molecule has 0 unspecified atom stereocenters. The average molecular weight is 179 g/mol. The summed E-state index contributed by atoms with van der Waals surface area (Å²) < 4.78 is 0. The predicted molar refractivity (Wildman–Crippen MR) is 46.9 cm³/mol. The third-order valence-electron chi connectivity index (χ3n) is 1.83. The maximum atomic E-state index is 11.1. The lowest BCUT2D eigenvalue weighted by atomic mass is 10.1. The van der Waals surface area contributed by atoms with Crippen molar-refractivity contribution in [2.24, 2.45) is 0 Å². The number of hydrogen-bond acceptors (Lipinski definition) is 2. The number of likely N-dealkylation sites (N-methyl/N-ethyl adjacent to an activating group) is 1. The highest BCUT2D eigenvalue weighted by Crippen LogP contribution is 2.01. The summed E-state index contributed by atoms with van der Waals surface area (Å²) in [6.45, 7) is 4.80. The van der Waals surface area contributed by atoms with E-state index in [1.807, 2.05) is 14.0 Å². The van der Waals surface area contributed by atoms with Crippen LogP contribution in [0.3, 0.4) is 0 Å². The number of carbonyl (C=O) groups excluding carboxylic acids is 1. The van der Waals surface area contributed by atoms with Gasteiger partial charge in [-0.1, -0.05) is 0 Å². The molecule has 66 valence electrons. The summed E-state index contributed by atoms with van der Waals surface area (Å²) in [6, 6.07) is 0.423. The van der Waals surface area contributed by atoms with Crippen molar-refractivity contribution in [3.8, 4) is 0 Å². The van der Waals surface area contributed by atoms with Gasteiger partial charge in [-0.2, -0.15) is 0 Å². The fraction of sp³-hybridized carbons (Fsp3) is 0.857. The van der Waals surface area contributed by atoms with Crippen LogP contribution in [0.2, 0.25) is 0 Å². The fourth-order valence-corrected chi connectivity index (χ4v) is 1.38. The SMILES string of the molecule is C[C@@H]1CN(C)C(=O)[C@@H](C)N1.Cl. The number of nitrogens with one attached hydrogen (secondary N) is 1. The Bertz CT molecular complexity index is 137. The van der Waals surface area contributed by atoms with E-state index in [1.54, 1.807) is 4.90 Å². The van der Waals surface area contributed by atoms with Crippen LogP contribution in [0.25, 0.3) is 0 Å². The third-order valence-corrected chi connectivity index (χ3v) is 1.83. The smallest absolute Gasteiger partial charge is 0.239 e. The molecule has 1 amide bonds. The van der Waals surface area contributed by atoms with Gasteiger partial charge in [-0.25, -0.2) is 0 Å². The van der Waals surface area contributed by atoms with Gasteiger partial charge in [0.25, 0.3) is 0 Å². The summed E-state index contributed by atoms with van der Waals surface area (Å²) in [7, 11) is 1.84. The van der Waals surface area contributed by atoms with Gasteiger partial charge in [-0.3, -0.25) is 4.79 Å². The van der Waals surface area contributed by atoms with Crippen LogP contribution in [0.15, 0.2) is 0 Å². The molecular weight excluding hydrogens is 164 g/mol. The van der Waals surface area contributed by atoms with Gasteiger partial charge in [-0.05, 0) is 13.8 Å². The third kappa shape index (κ3) is 2.34. The number of rotatable bonds is 0. The lowest BCUT2D eigenvalue weighted by Crippen LogP contribution is -2.56. The second-order valence-corrected chi connectivity index (χ2v) is 3.01. The highest BCUT2D eigenvalue weighted by molar-refractivity contribution is 5.85. The summed E-state index contributed by atoms with van der Waals surface area (Å²) in [5.74, 6) is 0.193. The molecule has 0 aromatic heterocycles. The molecular formula is C7H15ClN2O. The number of nitrogens with zero attached hydrogens (tertiary/aromatic N) is 1. The maximum Gasteiger partial charge on any atom is 0.239 e. The largest absolute Gasteiger partial charge is 0.343 e. The highest BCUT2D eigenvalue weighted by Gasteiger charge is 2.25. The van der Waals surface area contributed by atoms with Crippen LogP contribution in [0.5, 0.6) is 0 Å². The van der Waals surface area contributed by atoms with Crippen molar-refractivity contribution < 1.29 is 4.79 Å². The Hall–Kier alpha value is -0.280. The molecule has 0 aromatic rings. The van der Waals surface area contributed by atoms with E-state index in [0.29, 0.717) is 6.04 Å². The maximum absolute atomic E-state index is 11.1. The van der Waals surface area contributed by atoms with E-state index < -0.39 is 0 Å². The Balaban J connectivity index is 0.000001000. The Morgan fingerprint density at radius 2 is 2.09 bits per heavy atom. The van der Waals surface area contributed by atoms with Crippen LogP contribution in [-0.4, -0.2) is 36.5 Å². The second kappa shape index (κ2) is 3.93. The van der Waals surface area contributed by atoms with Crippen LogP contribution in [-0.2, 0) is 4.79 Å². The van der Waals surface area contributed by atoms with E-state index in [9.17, 15) is 4.79 Å². The van der Waals surface area contributed by atoms with Gasteiger partial charge in [0.05, 0.1) is 6.04 Å². The first-order valence-electron chi connectivity index (χ1n) is 3.62. The van der Waals surface area contributed by atoms with E-state index in [4.69, 9.17) is 0 Å². The molecule has 0 spiro atoms. The minimum atomic E-state index is -0.00579. The van der Waals surface area contributed by atoms with Gasteiger partial charge in [0, 0.05) is 19.6 Å². The van der Waals surface area contributed by atoms with E-state index >= 15 is 0 Å². The zero-order chi connectivity index (χ0) is 7.72. The minimum absolute atomic E-state index is 0. The zero-order valence-electron chi connectivity index (χ0n) is 7.13. The van der Waals surface area contributed by atoms with Gasteiger partial charge in [0.2, 0.25) is 5.91 Å². The molecule has 2 atom stereocenters. The normalized spacial score (nSPS) is 31.5. The van der Waals surface area contributed by atoms with Crippen molar-refractivity contribution in [2.45, 2.75) is 25.9 Å². The molecule has 0 aromatic carbocycles. The topological polar surface area (TPSA) is 32.3 Å². The lowest BCUT2D eigenvalue weighted by molar-refractivity contribution is -0.134. The van der Waals surface area contributed by atoms with Crippen LogP contribution in [0.1, 0.15) is 13.8 Å². The van der Waals surface area contributed by atoms with E-state index in [1.165, 1.54) is 0 Å². The van der Waals surface area contributed by atoms with Gasteiger partial charge >= 0.3 is 0 Å². The molecule has 1 saturated heterocycles. The van der Waals surface area contributed by atoms with Crippen LogP contribution in [0, 0.1) is 0 Å². The number of halogens is 1. The van der Waals surface area contributed by atoms with Gasteiger partial charge < -0.3 is 10.2 Å². The molecule has 0 radical (unpaired) electrons. The molecule has 0 aliphatic carbocycles. The molecule has 0 saturated carbocycles. The summed E-state index contributed by atoms with van der Waals surface area (Å²) in [5, 5.41) is 3.17. The molecule has 3 nitrogen and oxygen atoms in total. The molecule has 0 bridgehead atoms. The van der Waals surface area contributed by atoms with Crippen molar-refractivity contribution in [3.05, 3.63) is 0 Å². The summed E-state index contributed by atoms with van der Waals surface area (Å²) in [4.78, 5) is 12.9. The van der Waals surface area contributed by atoms with Gasteiger partial charge in [0.1, 0.15) is 0 Å². The van der Waals surface area contributed by atoms with E-state index in [-0.39, 0.29) is 24.4 Å². The van der Waals surface area contributed by atoms with Crippen molar-refractivity contribution >= 4 is 18.3 Å². The van der Waals surface area contributed by atoms with Gasteiger partial charge in [-0.15, -0.1) is 12.4 Å². The molecule has 1 N–H and O–H groups in total. The van der Waals surface area contributed by atoms with E-state index in [2.05, 4.69) is 12.2 Å².